The van der Waals surface area contributed by atoms with Crippen molar-refractivity contribution < 1.29 is 4.39 Å². The highest BCUT2D eigenvalue weighted by molar-refractivity contribution is 5.59. The Morgan fingerprint density at radius 3 is 2.27 bits per heavy atom. The van der Waals surface area contributed by atoms with Crippen LogP contribution in [-0.4, -0.2) is 4.98 Å². The summed E-state index contributed by atoms with van der Waals surface area (Å²) in [6.07, 6.45) is 1.84. The molecule has 0 aliphatic heterocycles. The monoisotopic (exact) mass is 201 g/mol. The van der Waals surface area contributed by atoms with Crippen molar-refractivity contribution >= 4 is 0 Å². The number of aromatic nitrogens is 1. The molecule has 76 valence electrons. The van der Waals surface area contributed by atoms with E-state index in [4.69, 9.17) is 0 Å². The number of halogens is 1. The fourth-order valence-corrected chi connectivity index (χ4v) is 1.40. The van der Waals surface area contributed by atoms with Crippen LogP contribution in [0, 0.1) is 19.7 Å². The van der Waals surface area contributed by atoms with E-state index in [1.165, 1.54) is 23.3 Å². The summed E-state index contributed by atoms with van der Waals surface area (Å²) in [5.41, 5.74) is 4.20. The number of hydrogen-bond donors (Lipinski definition) is 0. The minimum absolute atomic E-state index is 0.220. The molecule has 0 aliphatic rings. The maximum Gasteiger partial charge on any atom is 0.123 e. The fourth-order valence-electron chi connectivity index (χ4n) is 1.40. The Bertz CT molecular complexity index is 474. The van der Waals surface area contributed by atoms with Crippen molar-refractivity contribution in [2.75, 3.05) is 0 Å². The molecule has 2 aromatic rings. The van der Waals surface area contributed by atoms with Gasteiger partial charge in [-0.3, -0.25) is 4.98 Å². The highest BCUT2D eigenvalue weighted by atomic mass is 19.1. The molecule has 0 radical (unpaired) electrons. The van der Waals surface area contributed by atoms with Gasteiger partial charge in [0.05, 0.1) is 5.69 Å². The van der Waals surface area contributed by atoms with Gasteiger partial charge in [-0.2, -0.15) is 0 Å². The summed E-state index contributed by atoms with van der Waals surface area (Å²) in [7, 11) is 0. The van der Waals surface area contributed by atoms with E-state index < -0.39 is 0 Å². The zero-order chi connectivity index (χ0) is 10.8. The summed E-state index contributed by atoms with van der Waals surface area (Å²) in [4.78, 5) is 4.32. The Balaban J connectivity index is 2.45. The van der Waals surface area contributed by atoms with Gasteiger partial charge in [-0.1, -0.05) is 0 Å². The molecule has 0 bridgehead atoms. The lowest BCUT2D eigenvalue weighted by atomic mass is 10.1. The molecular weight excluding hydrogens is 189 g/mol. The van der Waals surface area contributed by atoms with Crippen molar-refractivity contribution in [3.8, 4) is 11.3 Å². The number of nitrogens with zero attached hydrogens (tertiary/aromatic N) is 1. The molecule has 0 spiro atoms. The first-order valence-electron chi connectivity index (χ1n) is 4.86. The second-order valence-corrected chi connectivity index (χ2v) is 3.66. The molecule has 1 aromatic heterocycles. The molecule has 2 heteroatoms. The summed E-state index contributed by atoms with van der Waals surface area (Å²) >= 11 is 0. The number of pyridine rings is 1. The summed E-state index contributed by atoms with van der Waals surface area (Å²) in [6, 6.07) is 8.40. The van der Waals surface area contributed by atoms with Crippen LogP contribution in [0.15, 0.2) is 36.5 Å². The van der Waals surface area contributed by atoms with Crippen molar-refractivity contribution in [3.05, 3.63) is 53.5 Å². The third-order valence-corrected chi connectivity index (χ3v) is 2.51. The zero-order valence-corrected chi connectivity index (χ0v) is 8.79. The molecule has 0 saturated heterocycles. The standard InChI is InChI=1S/C13H12FN/c1-9-7-13(15-8-10(9)2)11-3-5-12(14)6-4-11/h3-8H,1-2H3. The molecule has 0 fully saturated rings. The first-order chi connectivity index (χ1) is 7.16. The SMILES string of the molecule is Cc1cnc(-c2ccc(F)cc2)cc1C. The Labute approximate surface area is 88.6 Å². The average molecular weight is 201 g/mol. The van der Waals surface area contributed by atoms with Crippen molar-refractivity contribution in [3.63, 3.8) is 0 Å². The van der Waals surface area contributed by atoms with Crippen molar-refractivity contribution in [1.82, 2.24) is 4.98 Å². The van der Waals surface area contributed by atoms with E-state index in [-0.39, 0.29) is 5.82 Å². The van der Waals surface area contributed by atoms with E-state index in [9.17, 15) is 4.39 Å². The van der Waals surface area contributed by atoms with Gasteiger partial charge in [0.2, 0.25) is 0 Å². The van der Waals surface area contributed by atoms with Gasteiger partial charge in [-0.05, 0) is 55.3 Å². The smallest absolute Gasteiger partial charge is 0.123 e. The van der Waals surface area contributed by atoms with Crippen molar-refractivity contribution in [2.45, 2.75) is 13.8 Å². The maximum atomic E-state index is 12.7. The van der Waals surface area contributed by atoms with Crippen LogP contribution in [0.5, 0.6) is 0 Å². The Morgan fingerprint density at radius 2 is 1.67 bits per heavy atom. The molecule has 1 heterocycles. The predicted molar refractivity (Wildman–Crippen MR) is 59.1 cm³/mol. The normalized spacial score (nSPS) is 10.3. The molecule has 15 heavy (non-hydrogen) atoms. The average Bonchev–Trinajstić information content (AvgIpc) is 2.23. The summed E-state index contributed by atoms with van der Waals surface area (Å²) in [5.74, 6) is -0.220. The number of hydrogen-bond acceptors (Lipinski definition) is 1. The van der Waals surface area contributed by atoms with Crippen LogP contribution in [-0.2, 0) is 0 Å². The minimum Gasteiger partial charge on any atom is -0.256 e. The number of benzene rings is 1. The minimum atomic E-state index is -0.220. The third kappa shape index (κ3) is 2.04. The van der Waals surface area contributed by atoms with E-state index in [1.54, 1.807) is 12.1 Å². The van der Waals surface area contributed by atoms with E-state index in [0.29, 0.717) is 0 Å². The molecule has 0 amide bonds. The van der Waals surface area contributed by atoms with Crippen LogP contribution < -0.4 is 0 Å². The summed E-state index contributed by atoms with van der Waals surface area (Å²) < 4.78 is 12.7. The topological polar surface area (TPSA) is 12.9 Å². The van der Waals surface area contributed by atoms with Gasteiger partial charge < -0.3 is 0 Å². The summed E-state index contributed by atoms with van der Waals surface area (Å²) in [5, 5.41) is 0. The number of aryl methyl sites for hydroxylation is 2. The predicted octanol–water partition coefficient (Wildman–Crippen LogP) is 3.50. The second-order valence-electron chi connectivity index (χ2n) is 3.66. The number of rotatable bonds is 1. The Hall–Kier alpha value is -1.70. The van der Waals surface area contributed by atoms with Gasteiger partial charge in [0, 0.05) is 11.8 Å². The molecule has 0 aliphatic carbocycles. The Kier molecular flexibility index (Phi) is 2.50. The quantitative estimate of drug-likeness (QED) is 0.688. The lowest BCUT2D eigenvalue weighted by Crippen LogP contribution is -1.88. The zero-order valence-electron chi connectivity index (χ0n) is 8.79. The van der Waals surface area contributed by atoms with Crippen molar-refractivity contribution in [2.24, 2.45) is 0 Å². The van der Waals surface area contributed by atoms with Gasteiger partial charge in [-0.15, -0.1) is 0 Å². The van der Waals surface area contributed by atoms with Gasteiger partial charge in [0.25, 0.3) is 0 Å². The van der Waals surface area contributed by atoms with Crippen LogP contribution in [0.2, 0.25) is 0 Å². The van der Waals surface area contributed by atoms with Crippen molar-refractivity contribution in [1.29, 1.82) is 0 Å². The van der Waals surface area contributed by atoms with Gasteiger partial charge >= 0.3 is 0 Å². The lowest BCUT2D eigenvalue weighted by molar-refractivity contribution is 0.628. The Morgan fingerprint density at radius 1 is 1.00 bits per heavy atom. The van der Waals surface area contributed by atoms with Gasteiger partial charge in [0.15, 0.2) is 0 Å². The molecule has 1 aromatic carbocycles. The molecule has 0 atom stereocenters. The first-order valence-corrected chi connectivity index (χ1v) is 4.86. The molecule has 1 nitrogen and oxygen atoms in total. The van der Waals surface area contributed by atoms with Crippen LogP contribution in [0.3, 0.4) is 0 Å². The van der Waals surface area contributed by atoms with Crippen LogP contribution in [0.25, 0.3) is 11.3 Å². The van der Waals surface area contributed by atoms with Crippen LogP contribution in [0.1, 0.15) is 11.1 Å². The molecular formula is C13H12FN. The van der Waals surface area contributed by atoms with E-state index in [2.05, 4.69) is 4.98 Å². The third-order valence-electron chi connectivity index (χ3n) is 2.51. The van der Waals surface area contributed by atoms with Crippen LogP contribution >= 0.6 is 0 Å². The maximum absolute atomic E-state index is 12.7. The fraction of sp³-hybridized carbons (Fsp3) is 0.154. The summed E-state index contributed by atoms with van der Waals surface area (Å²) in [6.45, 7) is 4.07. The van der Waals surface area contributed by atoms with Crippen LogP contribution in [0.4, 0.5) is 4.39 Å². The molecule has 0 saturated carbocycles. The van der Waals surface area contributed by atoms with E-state index in [0.717, 1.165) is 11.3 Å². The van der Waals surface area contributed by atoms with Gasteiger partial charge in [0.1, 0.15) is 5.82 Å². The second kappa shape index (κ2) is 3.81. The highest BCUT2D eigenvalue weighted by Crippen LogP contribution is 2.19. The highest BCUT2D eigenvalue weighted by Gasteiger charge is 2.01. The molecule has 0 unspecified atom stereocenters. The first kappa shape index (κ1) is 9.84. The molecule has 2 rings (SSSR count). The largest absolute Gasteiger partial charge is 0.256 e. The van der Waals surface area contributed by atoms with Gasteiger partial charge in [-0.25, -0.2) is 4.39 Å². The van der Waals surface area contributed by atoms with E-state index in [1.807, 2.05) is 26.1 Å². The molecule has 0 N–H and O–H groups in total. The van der Waals surface area contributed by atoms with E-state index >= 15 is 0 Å². The lowest BCUT2D eigenvalue weighted by Gasteiger charge is -2.04.